The molecule has 5 rings (SSSR count). The number of carboxylic acids is 1. The lowest BCUT2D eigenvalue weighted by Gasteiger charge is -2.28. The van der Waals surface area contributed by atoms with Gasteiger partial charge >= 0.3 is 5.97 Å². The number of carbonyl (C=O) groups excluding carboxylic acids is 1. The normalized spacial score (nSPS) is 12.5. The van der Waals surface area contributed by atoms with Gasteiger partial charge in [0.15, 0.2) is 0 Å². The van der Waals surface area contributed by atoms with Crippen LogP contribution in [0, 0.1) is 27.7 Å². The zero-order valence-electron chi connectivity index (χ0n) is 29.2. The number of fused-ring (bicyclic) bond motifs is 1. The Hall–Kier alpha value is -4.60. The van der Waals surface area contributed by atoms with Gasteiger partial charge in [-0.05, 0) is 118 Å². The highest BCUT2D eigenvalue weighted by Crippen LogP contribution is 2.44. The molecule has 0 radical (unpaired) electrons. The molecule has 0 aliphatic rings. The van der Waals surface area contributed by atoms with Crippen molar-refractivity contribution in [3.05, 3.63) is 104 Å². The van der Waals surface area contributed by atoms with Crippen molar-refractivity contribution >= 4 is 52.2 Å². The number of anilines is 1. The quantitative estimate of drug-likeness (QED) is 0.0734. The number of benzene rings is 3. The number of halogens is 2. The van der Waals surface area contributed by atoms with E-state index in [0.29, 0.717) is 36.4 Å². The first kappa shape index (κ1) is 36.7. The van der Waals surface area contributed by atoms with Crippen LogP contribution in [0.3, 0.4) is 0 Å². The van der Waals surface area contributed by atoms with Crippen LogP contribution in [-0.2, 0) is 18.3 Å². The van der Waals surface area contributed by atoms with E-state index in [1.807, 2.05) is 82.8 Å². The van der Waals surface area contributed by atoms with E-state index in [0.717, 1.165) is 79.6 Å². The molecule has 2 heterocycles. The van der Waals surface area contributed by atoms with Crippen LogP contribution in [0.1, 0.15) is 69.7 Å². The molecule has 0 aliphatic carbocycles. The summed E-state index contributed by atoms with van der Waals surface area (Å²) in [7, 11) is 1.92. The molecule has 0 saturated heterocycles. The fourth-order valence-corrected chi connectivity index (χ4v) is 7.06. The summed E-state index contributed by atoms with van der Waals surface area (Å²) in [6.07, 6.45) is 6.10. The third kappa shape index (κ3) is 8.06. The number of hydrogen-bond donors (Lipinski definition) is 3. The number of carboxylic acid groups (broad SMARTS) is 1. The third-order valence-corrected chi connectivity index (χ3v) is 10.1. The summed E-state index contributed by atoms with van der Waals surface area (Å²) in [5.74, 6) is -0.283. The van der Waals surface area contributed by atoms with Crippen LogP contribution < -0.4 is 15.4 Å². The average molecular weight is 717 g/mol. The van der Waals surface area contributed by atoms with Crippen molar-refractivity contribution in [3.8, 4) is 16.9 Å². The number of nitrogens with one attached hydrogen (secondary N) is 2. The number of carbonyl (C=O) groups is 2. The number of ether oxygens (including phenoxy) is 1. The largest absolute Gasteiger partial charge is 0.494 e. The summed E-state index contributed by atoms with van der Waals surface area (Å²) >= 11 is 13.4. The lowest BCUT2D eigenvalue weighted by molar-refractivity contribution is -0.109. The molecular formula is C39H43Cl2N5O4. The molecule has 262 valence electrons. The summed E-state index contributed by atoms with van der Waals surface area (Å²) < 4.78 is 8.17. The molecule has 0 saturated carbocycles. The highest BCUT2D eigenvalue weighted by atomic mass is 35.5. The molecule has 2 aromatic heterocycles. The van der Waals surface area contributed by atoms with E-state index in [4.69, 9.17) is 27.9 Å². The summed E-state index contributed by atoms with van der Waals surface area (Å²) in [6.45, 7) is 10.7. The third-order valence-electron chi connectivity index (χ3n) is 9.15. The molecule has 2 atom stereocenters. The van der Waals surface area contributed by atoms with Gasteiger partial charge in [0.2, 0.25) is 6.41 Å². The Labute approximate surface area is 303 Å². The summed E-state index contributed by atoms with van der Waals surface area (Å²) in [5, 5.41) is 18.6. The van der Waals surface area contributed by atoms with Crippen molar-refractivity contribution in [2.75, 3.05) is 18.5 Å². The zero-order valence-corrected chi connectivity index (χ0v) is 30.7. The molecule has 50 heavy (non-hydrogen) atoms. The van der Waals surface area contributed by atoms with Gasteiger partial charge in [-0.1, -0.05) is 29.3 Å². The minimum atomic E-state index is -0.968. The first-order valence-corrected chi connectivity index (χ1v) is 17.4. The highest BCUT2D eigenvalue weighted by molar-refractivity contribution is 6.34. The number of aromatic nitrogens is 3. The van der Waals surface area contributed by atoms with Crippen LogP contribution >= 0.6 is 23.2 Å². The Morgan fingerprint density at radius 3 is 2.38 bits per heavy atom. The number of aryl methyl sites for hydroxylation is 5. The second kappa shape index (κ2) is 16.0. The molecule has 1 unspecified atom stereocenters. The van der Waals surface area contributed by atoms with Crippen molar-refractivity contribution in [2.24, 2.45) is 7.05 Å². The van der Waals surface area contributed by atoms with E-state index in [1.54, 1.807) is 12.4 Å². The van der Waals surface area contributed by atoms with Gasteiger partial charge in [0.1, 0.15) is 12.1 Å². The Morgan fingerprint density at radius 2 is 1.72 bits per heavy atom. The summed E-state index contributed by atoms with van der Waals surface area (Å²) in [4.78, 5) is 32.6. The maximum absolute atomic E-state index is 12.4. The van der Waals surface area contributed by atoms with E-state index < -0.39 is 5.97 Å². The fourth-order valence-electron chi connectivity index (χ4n) is 6.70. The van der Waals surface area contributed by atoms with Crippen LogP contribution in [-0.4, -0.2) is 51.2 Å². The van der Waals surface area contributed by atoms with Crippen LogP contribution in [0.15, 0.2) is 55.0 Å². The zero-order chi connectivity index (χ0) is 36.1. The first-order chi connectivity index (χ1) is 23.9. The van der Waals surface area contributed by atoms with E-state index >= 15 is 0 Å². The van der Waals surface area contributed by atoms with Gasteiger partial charge in [-0.25, -0.2) is 14.8 Å². The monoisotopic (exact) mass is 715 g/mol. The molecule has 0 fully saturated rings. The number of nitrogens with zero attached hydrogens (tertiary/aromatic N) is 3. The van der Waals surface area contributed by atoms with Crippen molar-refractivity contribution in [2.45, 2.75) is 65.8 Å². The van der Waals surface area contributed by atoms with E-state index in [-0.39, 0.29) is 17.5 Å². The Bertz CT molecular complexity index is 2000. The van der Waals surface area contributed by atoms with Crippen molar-refractivity contribution < 1.29 is 19.4 Å². The highest BCUT2D eigenvalue weighted by Gasteiger charge is 2.26. The average Bonchev–Trinajstić information content (AvgIpc) is 3.44. The topological polar surface area (TPSA) is 118 Å². The lowest BCUT2D eigenvalue weighted by atomic mass is 9.84. The standard InChI is InChI=1S/C39H43Cl2N5O4/c1-22-14-29(15-23(2)37(22)41)50-13-7-8-28(16-27-17-32(39(48)49)31-11-12-46(6)34(31)18-27)30-9-10-33(40)36(35-25(4)43-20-44-26(35)5)38(30)45-24(3)19-42-21-47/h9-12,14-15,17-18,20-21,24,28,45H,7-8,13,16,19H2,1-6H3,(H,42,47)(H,48,49)/t24-,28?/m1/s1. The Morgan fingerprint density at radius 1 is 1.02 bits per heavy atom. The summed E-state index contributed by atoms with van der Waals surface area (Å²) in [5.41, 5.74) is 8.98. The van der Waals surface area contributed by atoms with Gasteiger partial charge in [0, 0.05) is 70.0 Å². The molecule has 0 aliphatic heterocycles. The predicted octanol–water partition coefficient (Wildman–Crippen LogP) is 8.61. The molecule has 11 heteroatoms. The lowest BCUT2D eigenvalue weighted by Crippen LogP contribution is -2.30. The fraction of sp³-hybridized carbons (Fsp3) is 0.333. The molecule has 3 aromatic carbocycles. The van der Waals surface area contributed by atoms with Crippen LogP contribution in [0.25, 0.3) is 22.0 Å². The van der Waals surface area contributed by atoms with Crippen LogP contribution in [0.2, 0.25) is 10.0 Å². The number of rotatable bonds is 15. The molecule has 3 N–H and O–H groups in total. The van der Waals surface area contributed by atoms with Crippen molar-refractivity contribution in [3.63, 3.8) is 0 Å². The number of amides is 1. The maximum Gasteiger partial charge on any atom is 0.336 e. The Kier molecular flexibility index (Phi) is 11.7. The van der Waals surface area contributed by atoms with Gasteiger partial charge in [-0.2, -0.15) is 0 Å². The van der Waals surface area contributed by atoms with Gasteiger partial charge in [-0.15, -0.1) is 0 Å². The van der Waals surface area contributed by atoms with Crippen molar-refractivity contribution in [1.82, 2.24) is 19.9 Å². The number of aromatic carboxylic acids is 1. The van der Waals surface area contributed by atoms with Crippen LogP contribution in [0.5, 0.6) is 5.75 Å². The van der Waals surface area contributed by atoms with Gasteiger partial charge in [-0.3, -0.25) is 4.79 Å². The molecular weight excluding hydrogens is 673 g/mol. The van der Waals surface area contributed by atoms with Gasteiger partial charge in [0.05, 0.1) is 17.2 Å². The SMILES string of the molecule is Cc1cc(OCCCC(Cc2cc(C(=O)O)c3ccn(C)c3c2)c2ccc(Cl)c(-c3c(C)ncnc3C)c2N[C@H](C)CNC=O)cc(C)c1Cl. The van der Waals surface area contributed by atoms with Gasteiger partial charge in [0.25, 0.3) is 0 Å². The minimum Gasteiger partial charge on any atom is -0.494 e. The molecule has 1 amide bonds. The van der Waals surface area contributed by atoms with Crippen molar-refractivity contribution in [1.29, 1.82) is 0 Å². The number of hydrogen-bond acceptors (Lipinski definition) is 6. The summed E-state index contributed by atoms with van der Waals surface area (Å²) in [6, 6.07) is 13.4. The maximum atomic E-state index is 12.4. The van der Waals surface area contributed by atoms with E-state index in [2.05, 4.69) is 26.7 Å². The Balaban J connectivity index is 1.61. The molecule has 5 aromatic rings. The molecule has 9 nitrogen and oxygen atoms in total. The minimum absolute atomic E-state index is 0.0818. The molecule has 0 bridgehead atoms. The predicted molar refractivity (Wildman–Crippen MR) is 201 cm³/mol. The van der Waals surface area contributed by atoms with Crippen LogP contribution in [0.4, 0.5) is 5.69 Å². The van der Waals surface area contributed by atoms with E-state index in [1.165, 1.54) is 0 Å². The first-order valence-electron chi connectivity index (χ1n) is 16.6. The second-order valence-electron chi connectivity index (χ2n) is 12.9. The second-order valence-corrected chi connectivity index (χ2v) is 13.7. The smallest absolute Gasteiger partial charge is 0.336 e. The molecule has 0 spiro atoms. The van der Waals surface area contributed by atoms with E-state index in [9.17, 15) is 14.7 Å². The van der Waals surface area contributed by atoms with Gasteiger partial charge < -0.3 is 25.0 Å².